The van der Waals surface area contributed by atoms with Gasteiger partial charge in [-0.15, -0.1) is 12.4 Å². The Kier molecular flexibility index (Phi) is 5.48. The van der Waals surface area contributed by atoms with Gasteiger partial charge in [0.15, 0.2) is 0 Å². The lowest BCUT2D eigenvalue weighted by atomic mass is 10.0. The molecule has 0 aliphatic carbocycles. The minimum absolute atomic E-state index is 0. The van der Waals surface area contributed by atoms with Gasteiger partial charge in [0.05, 0.1) is 6.04 Å². The molecule has 1 N–H and O–H groups in total. The van der Waals surface area contributed by atoms with Crippen molar-refractivity contribution in [1.29, 1.82) is 0 Å². The second kappa shape index (κ2) is 6.50. The summed E-state index contributed by atoms with van der Waals surface area (Å²) in [5.41, 5.74) is -1.47. The van der Waals surface area contributed by atoms with Crippen LogP contribution < -0.4 is 5.32 Å². The average molecular weight is 305 g/mol. The van der Waals surface area contributed by atoms with Gasteiger partial charge in [-0.05, 0) is 19.5 Å². The molecule has 3 nitrogen and oxygen atoms in total. The number of alkyl halides is 1. The van der Waals surface area contributed by atoms with Crippen molar-refractivity contribution in [3.63, 3.8) is 0 Å². The fourth-order valence-corrected chi connectivity index (χ4v) is 2.36. The van der Waals surface area contributed by atoms with Crippen LogP contribution >= 0.6 is 12.4 Å². The molecule has 1 fully saturated rings. The van der Waals surface area contributed by atoms with Crippen LogP contribution in [0.1, 0.15) is 24.9 Å². The van der Waals surface area contributed by atoms with Crippen LogP contribution in [0.25, 0.3) is 0 Å². The van der Waals surface area contributed by atoms with Crippen LogP contribution in [-0.2, 0) is 4.79 Å². The summed E-state index contributed by atoms with van der Waals surface area (Å²) in [5.74, 6) is -0.972. The van der Waals surface area contributed by atoms with E-state index in [-0.39, 0.29) is 31.2 Å². The highest BCUT2D eigenvalue weighted by Crippen LogP contribution is 2.28. The zero-order chi connectivity index (χ0) is 14.0. The maximum Gasteiger partial charge on any atom is 0.261 e. The molecule has 1 amide bonds. The van der Waals surface area contributed by atoms with E-state index in [1.165, 1.54) is 18.0 Å². The quantitative estimate of drug-likeness (QED) is 0.930. The van der Waals surface area contributed by atoms with Crippen molar-refractivity contribution < 1.29 is 13.6 Å². The predicted molar refractivity (Wildman–Crippen MR) is 76.2 cm³/mol. The maximum absolute atomic E-state index is 14.4. The van der Waals surface area contributed by atoms with E-state index in [9.17, 15) is 13.6 Å². The Morgan fingerprint density at radius 1 is 1.45 bits per heavy atom. The number of carbonyl (C=O) groups excluding carboxylic acids is 1. The summed E-state index contributed by atoms with van der Waals surface area (Å²) in [6.07, 6.45) is 0.167. The summed E-state index contributed by atoms with van der Waals surface area (Å²) in [4.78, 5) is 13.5. The van der Waals surface area contributed by atoms with Crippen molar-refractivity contribution in [3.05, 3.63) is 35.6 Å². The highest BCUT2D eigenvalue weighted by Gasteiger charge is 2.44. The van der Waals surface area contributed by atoms with Gasteiger partial charge in [-0.2, -0.15) is 0 Å². The Balaban J connectivity index is 0.00000200. The summed E-state index contributed by atoms with van der Waals surface area (Å²) in [6.45, 7) is 2.21. The second-order valence-electron chi connectivity index (χ2n) is 5.01. The molecule has 20 heavy (non-hydrogen) atoms. The summed E-state index contributed by atoms with van der Waals surface area (Å²) in [5, 5.41) is 2.84. The van der Waals surface area contributed by atoms with Crippen LogP contribution in [0, 0.1) is 5.82 Å². The third kappa shape index (κ3) is 3.10. The van der Waals surface area contributed by atoms with E-state index in [1.807, 2.05) is 0 Å². The monoisotopic (exact) mass is 304 g/mol. The number of hydrogen-bond donors (Lipinski definition) is 1. The maximum atomic E-state index is 14.4. The summed E-state index contributed by atoms with van der Waals surface area (Å²) in [7, 11) is 1.51. The Hall–Kier alpha value is -1.20. The van der Waals surface area contributed by atoms with Gasteiger partial charge in [-0.1, -0.05) is 18.2 Å². The van der Waals surface area contributed by atoms with Crippen molar-refractivity contribution in [2.75, 3.05) is 20.1 Å². The van der Waals surface area contributed by atoms with Crippen LogP contribution in [0.3, 0.4) is 0 Å². The SMILES string of the molecule is CC(c1ccccc1F)N(C)C(=O)C1(F)CCNC1.Cl. The van der Waals surface area contributed by atoms with E-state index in [0.717, 1.165) is 0 Å². The number of halogens is 3. The first-order valence-electron chi connectivity index (χ1n) is 6.37. The van der Waals surface area contributed by atoms with E-state index < -0.39 is 17.6 Å². The number of nitrogens with zero attached hydrogens (tertiary/aromatic N) is 1. The summed E-state index contributed by atoms with van der Waals surface area (Å²) in [6, 6.07) is 5.75. The normalized spacial score (nSPS) is 23.0. The lowest BCUT2D eigenvalue weighted by Gasteiger charge is -2.30. The average Bonchev–Trinajstić information content (AvgIpc) is 2.85. The number of hydrogen-bond acceptors (Lipinski definition) is 2. The van der Waals surface area contributed by atoms with Crippen LogP contribution in [0.2, 0.25) is 0 Å². The molecule has 1 aromatic carbocycles. The largest absolute Gasteiger partial charge is 0.336 e. The van der Waals surface area contributed by atoms with Gasteiger partial charge in [0, 0.05) is 25.6 Å². The van der Waals surface area contributed by atoms with E-state index in [0.29, 0.717) is 12.1 Å². The molecule has 2 atom stereocenters. The van der Waals surface area contributed by atoms with Crippen LogP contribution in [0.4, 0.5) is 8.78 Å². The first-order valence-corrected chi connectivity index (χ1v) is 6.37. The number of rotatable bonds is 3. The van der Waals surface area contributed by atoms with Crippen molar-refractivity contribution in [2.45, 2.75) is 25.1 Å². The van der Waals surface area contributed by atoms with Crippen LogP contribution in [-0.4, -0.2) is 36.6 Å². The van der Waals surface area contributed by atoms with E-state index in [2.05, 4.69) is 5.32 Å². The van der Waals surface area contributed by atoms with Gasteiger partial charge >= 0.3 is 0 Å². The van der Waals surface area contributed by atoms with Gasteiger partial charge in [0.25, 0.3) is 5.91 Å². The molecule has 1 aromatic rings. The molecule has 1 heterocycles. The van der Waals surface area contributed by atoms with E-state index >= 15 is 0 Å². The third-order valence-electron chi connectivity index (χ3n) is 3.74. The summed E-state index contributed by atoms with van der Waals surface area (Å²) < 4.78 is 28.1. The second-order valence-corrected chi connectivity index (χ2v) is 5.01. The minimum Gasteiger partial charge on any atom is -0.336 e. The third-order valence-corrected chi connectivity index (χ3v) is 3.74. The molecule has 1 aliphatic heterocycles. The molecular weight excluding hydrogens is 286 g/mol. The van der Waals surface area contributed by atoms with Crippen molar-refractivity contribution in [1.82, 2.24) is 10.2 Å². The highest BCUT2D eigenvalue weighted by molar-refractivity contribution is 5.86. The lowest BCUT2D eigenvalue weighted by Crippen LogP contribution is -2.46. The van der Waals surface area contributed by atoms with Crippen molar-refractivity contribution in [2.24, 2.45) is 0 Å². The molecule has 0 bridgehead atoms. The smallest absolute Gasteiger partial charge is 0.261 e. The fourth-order valence-electron chi connectivity index (χ4n) is 2.36. The number of carbonyl (C=O) groups is 1. The topological polar surface area (TPSA) is 32.3 Å². The molecule has 0 radical (unpaired) electrons. The Labute approximate surface area is 123 Å². The molecule has 1 aliphatic rings. The molecule has 112 valence electrons. The minimum atomic E-state index is -1.87. The summed E-state index contributed by atoms with van der Waals surface area (Å²) >= 11 is 0. The standard InChI is InChI=1S/C14H18F2N2O.ClH/c1-10(11-5-3-4-6-12(11)15)18(2)13(19)14(16)7-8-17-9-14;/h3-6,10,17H,7-9H2,1-2H3;1H. The number of nitrogens with one attached hydrogen (secondary N) is 1. The first-order chi connectivity index (χ1) is 8.96. The molecule has 0 spiro atoms. The Bertz CT molecular complexity index is 478. The molecule has 2 unspecified atom stereocenters. The molecular formula is C14H19ClF2N2O. The zero-order valence-corrected chi connectivity index (χ0v) is 12.3. The molecule has 0 saturated carbocycles. The van der Waals surface area contributed by atoms with Gasteiger partial charge in [0.1, 0.15) is 5.82 Å². The van der Waals surface area contributed by atoms with Crippen molar-refractivity contribution >= 4 is 18.3 Å². The van der Waals surface area contributed by atoms with E-state index in [4.69, 9.17) is 0 Å². The number of amides is 1. The molecule has 6 heteroatoms. The van der Waals surface area contributed by atoms with Gasteiger partial charge in [-0.3, -0.25) is 4.79 Å². The predicted octanol–water partition coefficient (Wildman–Crippen LogP) is 2.47. The lowest BCUT2D eigenvalue weighted by molar-refractivity contribution is -0.143. The Morgan fingerprint density at radius 3 is 2.65 bits per heavy atom. The molecule has 0 aromatic heterocycles. The Morgan fingerprint density at radius 2 is 2.10 bits per heavy atom. The van der Waals surface area contributed by atoms with Gasteiger partial charge in [0.2, 0.25) is 5.67 Å². The van der Waals surface area contributed by atoms with E-state index in [1.54, 1.807) is 25.1 Å². The van der Waals surface area contributed by atoms with Crippen molar-refractivity contribution in [3.8, 4) is 0 Å². The fraction of sp³-hybridized carbons (Fsp3) is 0.500. The molecule has 1 saturated heterocycles. The van der Waals surface area contributed by atoms with Crippen LogP contribution in [0.15, 0.2) is 24.3 Å². The van der Waals surface area contributed by atoms with Gasteiger partial charge < -0.3 is 10.2 Å². The van der Waals surface area contributed by atoms with Gasteiger partial charge in [-0.25, -0.2) is 8.78 Å². The number of benzene rings is 1. The zero-order valence-electron chi connectivity index (χ0n) is 11.5. The first kappa shape index (κ1) is 16.9. The molecule has 2 rings (SSSR count). The highest BCUT2D eigenvalue weighted by atomic mass is 35.5. The van der Waals surface area contributed by atoms with Crippen LogP contribution in [0.5, 0.6) is 0 Å².